The van der Waals surface area contributed by atoms with E-state index in [0.717, 1.165) is 22.2 Å². The van der Waals surface area contributed by atoms with Gasteiger partial charge in [-0.1, -0.05) is 13.0 Å². The summed E-state index contributed by atoms with van der Waals surface area (Å²) >= 11 is 3.44. The van der Waals surface area contributed by atoms with Gasteiger partial charge in [0.2, 0.25) is 0 Å². The van der Waals surface area contributed by atoms with Gasteiger partial charge in [-0.2, -0.15) is 0 Å². The van der Waals surface area contributed by atoms with Crippen LogP contribution in [0.2, 0.25) is 0 Å². The smallest absolute Gasteiger partial charge is 0.133 e. The summed E-state index contributed by atoms with van der Waals surface area (Å²) in [4.78, 5) is 0. The Hall–Kier alpha value is -0.580. The van der Waals surface area contributed by atoms with Gasteiger partial charge in [-0.15, -0.1) is 0 Å². The van der Waals surface area contributed by atoms with Crippen LogP contribution in [-0.4, -0.2) is 31.0 Å². The van der Waals surface area contributed by atoms with Crippen molar-refractivity contribution in [1.82, 2.24) is 0 Å². The summed E-state index contributed by atoms with van der Waals surface area (Å²) in [7, 11) is 3.27. The molecular weight excluding hydrogens is 296 g/mol. The molecule has 0 amide bonds. The Morgan fingerprint density at radius 2 is 2.06 bits per heavy atom. The van der Waals surface area contributed by atoms with Crippen LogP contribution in [0.4, 0.5) is 0 Å². The molecule has 18 heavy (non-hydrogen) atoms. The van der Waals surface area contributed by atoms with Crippen molar-refractivity contribution >= 4 is 15.9 Å². The van der Waals surface area contributed by atoms with Crippen LogP contribution in [0.25, 0.3) is 0 Å². The van der Waals surface area contributed by atoms with Crippen LogP contribution in [0.15, 0.2) is 22.7 Å². The first-order valence-corrected chi connectivity index (χ1v) is 6.81. The van der Waals surface area contributed by atoms with Crippen molar-refractivity contribution < 1.29 is 14.6 Å². The van der Waals surface area contributed by atoms with Crippen LogP contribution in [0.3, 0.4) is 0 Å². The molecule has 0 bridgehead atoms. The van der Waals surface area contributed by atoms with E-state index >= 15 is 0 Å². The Labute approximate surface area is 117 Å². The summed E-state index contributed by atoms with van der Waals surface area (Å²) in [6.07, 6.45) is 0.788. The molecule has 0 fully saturated rings. The highest BCUT2D eigenvalue weighted by molar-refractivity contribution is 9.10. The molecule has 2 unspecified atom stereocenters. The molecule has 0 aliphatic carbocycles. The van der Waals surface area contributed by atoms with Crippen molar-refractivity contribution in [3.63, 3.8) is 0 Å². The van der Waals surface area contributed by atoms with E-state index in [4.69, 9.17) is 9.47 Å². The molecule has 0 spiro atoms. The van der Waals surface area contributed by atoms with Gasteiger partial charge in [0.25, 0.3) is 0 Å². The van der Waals surface area contributed by atoms with E-state index in [9.17, 15) is 5.11 Å². The number of aliphatic hydroxyl groups is 1. The Morgan fingerprint density at radius 1 is 1.39 bits per heavy atom. The number of hydrogen-bond donors (Lipinski definition) is 1. The Kier molecular flexibility index (Phi) is 5.63. The van der Waals surface area contributed by atoms with E-state index in [1.165, 1.54) is 0 Å². The number of rotatable bonds is 6. The molecule has 102 valence electrons. The zero-order valence-electron chi connectivity index (χ0n) is 11.4. The van der Waals surface area contributed by atoms with Gasteiger partial charge >= 0.3 is 0 Å². The summed E-state index contributed by atoms with van der Waals surface area (Å²) in [5.74, 6) is 0.790. The van der Waals surface area contributed by atoms with Crippen LogP contribution in [0.5, 0.6) is 5.75 Å². The van der Waals surface area contributed by atoms with E-state index in [-0.39, 0.29) is 0 Å². The summed E-state index contributed by atoms with van der Waals surface area (Å²) < 4.78 is 11.5. The van der Waals surface area contributed by atoms with Gasteiger partial charge in [-0.25, -0.2) is 0 Å². The first kappa shape index (κ1) is 15.5. The maximum atomic E-state index is 10.3. The van der Waals surface area contributed by atoms with Crippen molar-refractivity contribution in [3.05, 3.63) is 28.2 Å². The van der Waals surface area contributed by atoms with Gasteiger partial charge in [0, 0.05) is 13.5 Å². The van der Waals surface area contributed by atoms with Gasteiger partial charge in [0.15, 0.2) is 0 Å². The summed E-state index contributed by atoms with van der Waals surface area (Å²) in [5.41, 5.74) is 0.541. The lowest BCUT2D eigenvalue weighted by Gasteiger charge is -2.32. The first-order valence-electron chi connectivity index (χ1n) is 6.02. The molecule has 1 N–H and O–H groups in total. The van der Waals surface area contributed by atoms with Crippen molar-refractivity contribution in [1.29, 1.82) is 0 Å². The van der Waals surface area contributed by atoms with Crippen molar-refractivity contribution in [2.75, 3.05) is 14.2 Å². The largest absolute Gasteiger partial charge is 0.496 e. The van der Waals surface area contributed by atoms with Crippen LogP contribution in [0.1, 0.15) is 25.8 Å². The van der Waals surface area contributed by atoms with E-state index < -0.39 is 11.7 Å². The highest BCUT2D eigenvalue weighted by Gasteiger charge is 2.31. The summed E-state index contributed by atoms with van der Waals surface area (Å²) in [6, 6.07) is 5.81. The fourth-order valence-electron chi connectivity index (χ4n) is 1.79. The van der Waals surface area contributed by atoms with Gasteiger partial charge in [0.1, 0.15) is 5.75 Å². The molecule has 0 heterocycles. The number of benzene rings is 1. The molecule has 1 aromatic carbocycles. The molecule has 2 atom stereocenters. The van der Waals surface area contributed by atoms with Gasteiger partial charge in [-0.3, -0.25) is 0 Å². The van der Waals surface area contributed by atoms with E-state index in [1.54, 1.807) is 14.2 Å². The average Bonchev–Trinajstić information content (AvgIpc) is 2.38. The third kappa shape index (κ3) is 3.46. The van der Waals surface area contributed by atoms with Crippen LogP contribution in [-0.2, 0) is 11.2 Å². The zero-order valence-corrected chi connectivity index (χ0v) is 13.0. The molecule has 3 nitrogen and oxygen atoms in total. The minimum absolute atomic E-state index is 0.508. The Bertz CT molecular complexity index is 389. The van der Waals surface area contributed by atoms with Crippen LogP contribution >= 0.6 is 15.9 Å². The number of halogens is 1. The zero-order chi connectivity index (χ0) is 13.8. The maximum absolute atomic E-state index is 10.3. The summed E-state index contributed by atoms with van der Waals surface area (Å²) in [5, 5.41) is 10.3. The van der Waals surface area contributed by atoms with Gasteiger partial charge in [-0.05, 0) is 47.0 Å². The topological polar surface area (TPSA) is 38.7 Å². The average molecular weight is 317 g/mol. The number of methoxy groups -OCH3 is 2. The second-order valence-electron chi connectivity index (χ2n) is 4.56. The third-order valence-electron chi connectivity index (χ3n) is 3.52. The highest BCUT2D eigenvalue weighted by Crippen LogP contribution is 2.28. The number of hydrogen-bond acceptors (Lipinski definition) is 3. The van der Waals surface area contributed by atoms with Crippen molar-refractivity contribution in [2.45, 2.75) is 38.4 Å². The summed E-state index contributed by atoms with van der Waals surface area (Å²) in [6.45, 7) is 3.94. The molecule has 4 heteroatoms. The minimum atomic E-state index is -0.534. The standard InChI is InChI=1S/C14H21BrO3/c1-5-14(2,18-4)13(16)9-10-6-7-12(17-3)11(15)8-10/h6-8,13,16H,5,9H2,1-4H3. The number of aliphatic hydroxyl groups excluding tert-OH is 1. The normalized spacial score (nSPS) is 16.1. The molecule has 0 saturated heterocycles. The lowest BCUT2D eigenvalue weighted by atomic mass is 9.91. The highest BCUT2D eigenvalue weighted by atomic mass is 79.9. The first-order chi connectivity index (χ1) is 8.46. The monoisotopic (exact) mass is 316 g/mol. The second-order valence-corrected chi connectivity index (χ2v) is 5.41. The molecule has 0 aliphatic rings. The van der Waals surface area contributed by atoms with Crippen molar-refractivity contribution in [3.8, 4) is 5.75 Å². The second kappa shape index (κ2) is 6.55. The molecule has 0 radical (unpaired) electrons. The van der Waals surface area contributed by atoms with Crippen molar-refractivity contribution in [2.24, 2.45) is 0 Å². The molecule has 0 aromatic heterocycles. The molecule has 1 rings (SSSR count). The fraction of sp³-hybridized carbons (Fsp3) is 0.571. The Morgan fingerprint density at radius 3 is 2.50 bits per heavy atom. The molecule has 0 saturated carbocycles. The predicted octanol–water partition coefficient (Wildman–Crippen LogP) is 3.18. The number of ether oxygens (including phenoxy) is 2. The third-order valence-corrected chi connectivity index (χ3v) is 4.14. The fourth-order valence-corrected chi connectivity index (χ4v) is 2.38. The van der Waals surface area contributed by atoms with Gasteiger partial charge in [0.05, 0.1) is 23.3 Å². The van der Waals surface area contributed by atoms with Crippen LogP contribution in [0, 0.1) is 0 Å². The quantitative estimate of drug-likeness (QED) is 0.876. The lowest BCUT2D eigenvalue weighted by Crippen LogP contribution is -2.42. The maximum Gasteiger partial charge on any atom is 0.133 e. The lowest BCUT2D eigenvalue weighted by molar-refractivity contribution is -0.0914. The van der Waals surface area contributed by atoms with E-state index in [0.29, 0.717) is 6.42 Å². The van der Waals surface area contributed by atoms with E-state index in [2.05, 4.69) is 15.9 Å². The van der Waals surface area contributed by atoms with E-state index in [1.807, 2.05) is 32.0 Å². The SMILES string of the molecule is CCC(C)(OC)C(O)Cc1ccc(OC)c(Br)c1. The van der Waals surface area contributed by atoms with Gasteiger partial charge < -0.3 is 14.6 Å². The van der Waals surface area contributed by atoms with Crippen LogP contribution < -0.4 is 4.74 Å². The Balaban J connectivity index is 2.82. The molecule has 0 aliphatic heterocycles. The molecular formula is C14H21BrO3. The predicted molar refractivity (Wildman–Crippen MR) is 76.1 cm³/mol. The molecule has 1 aromatic rings. The minimum Gasteiger partial charge on any atom is -0.496 e.